The lowest BCUT2D eigenvalue weighted by molar-refractivity contribution is 0.589. The highest BCUT2D eigenvalue weighted by atomic mass is 19.1. The monoisotopic (exact) mass is 233 g/mol. The molecule has 2 aromatic rings. The molecule has 0 bridgehead atoms. The number of hydrazine groups is 1. The molecule has 0 aliphatic rings. The van der Waals surface area contributed by atoms with E-state index in [4.69, 9.17) is 5.84 Å². The molecule has 0 fully saturated rings. The minimum absolute atomic E-state index is 0.102. The smallest absolute Gasteiger partial charge is 0.149 e. The maximum absolute atomic E-state index is 13.6. The topological polar surface area (TPSA) is 50.9 Å². The van der Waals surface area contributed by atoms with Crippen molar-refractivity contribution in [1.82, 2.24) is 4.98 Å². The highest BCUT2D eigenvalue weighted by Gasteiger charge is 2.20. The van der Waals surface area contributed by atoms with Crippen LogP contribution in [0.25, 0.3) is 10.9 Å². The molecule has 2 rings (SSSR count). The SMILES string of the molecule is CC(C)(C)c1cc2cccc(F)c2nc1NN. The van der Waals surface area contributed by atoms with Crippen LogP contribution in [0.2, 0.25) is 0 Å². The zero-order chi connectivity index (χ0) is 12.6. The first kappa shape index (κ1) is 11.8. The summed E-state index contributed by atoms with van der Waals surface area (Å²) in [4.78, 5) is 4.25. The molecule has 0 saturated heterocycles. The molecule has 0 unspecified atom stereocenters. The zero-order valence-electron chi connectivity index (χ0n) is 10.2. The van der Waals surface area contributed by atoms with Gasteiger partial charge in [0.15, 0.2) is 0 Å². The number of anilines is 1. The van der Waals surface area contributed by atoms with E-state index < -0.39 is 0 Å². The summed E-state index contributed by atoms with van der Waals surface area (Å²) in [6.45, 7) is 6.20. The van der Waals surface area contributed by atoms with Crippen molar-refractivity contribution in [3.8, 4) is 0 Å². The second-order valence-corrected chi connectivity index (χ2v) is 5.09. The first-order valence-corrected chi connectivity index (χ1v) is 5.50. The molecule has 4 heteroatoms. The summed E-state index contributed by atoms with van der Waals surface area (Å²) in [7, 11) is 0. The van der Waals surface area contributed by atoms with Crippen LogP contribution in [0.3, 0.4) is 0 Å². The second-order valence-electron chi connectivity index (χ2n) is 5.09. The Morgan fingerprint density at radius 3 is 2.59 bits per heavy atom. The van der Waals surface area contributed by atoms with Crippen LogP contribution in [-0.2, 0) is 5.41 Å². The number of nitrogen functional groups attached to an aromatic ring is 1. The van der Waals surface area contributed by atoms with Gasteiger partial charge in [-0.1, -0.05) is 32.9 Å². The standard InChI is InChI=1S/C13H16FN3/c1-13(2,3)9-7-8-5-4-6-10(14)11(8)16-12(9)17-15/h4-7H,15H2,1-3H3,(H,16,17). The van der Waals surface area contributed by atoms with E-state index in [0.717, 1.165) is 10.9 Å². The average molecular weight is 233 g/mol. The predicted molar refractivity (Wildman–Crippen MR) is 68.2 cm³/mol. The van der Waals surface area contributed by atoms with Crippen LogP contribution in [0.4, 0.5) is 10.2 Å². The molecule has 3 N–H and O–H groups in total. The van der Waals surface area contributed by atoms with Crippen molar-refractivity contribution in [3.05, 3.63) is 35.6 Å². The molecule has 1 aromatic heterocycles. The summed E-state index contributed by atoms with van der Waals surface area (Å²) < 4.78 is 13.6. The number of halogens is 1. The number of nitrogens with two attached hydrogens (primary N) is 1. The van der Waals surface area contributed by atoms with Crippen LogP contribution in [0.1, 0.15) is 26.3 Å². The van der Waals surface area contributed by atoms with Crippen molar-refractivity contribution in [2.24, 2.45) is 5.84 Å². The molecule has 0 aliphatic carbocycles. The first-order chi connectivity index (χ1) is 7.93. The number of pyridine rings is 1. The Labute approximate surface area is 99.8 Å². The van der Waals surface area contributed by atoms with Crippen LogP contribution in [0.5, 0.6) is 0 Å². The van der Waals surface area contributed by atoms with Crippen molar-refractivity contribution in [1.29, 1.82) is 0 Å². The Morgan fingerprint density at radius 2 is 2.00 bits per heavy atom. The number of benzene rings is 1. The number of hydrogen-bond donors (Lipinski definition) is 2. The number of rotatable bonds is 1. The van der Waals surface area contributed by atoms with Crippen LogP contribution in [-0.4, -0.2) is 4.98 Å². The second kappa shape index (κ2) is 3.96. The average Bonchev–Trinajstić information content (AvgIpc) is 2.27. The maximum atomic E-state index is 13.6. The highest BCUT2D eigenvalue weighted by molar-refractivity contribution is 5.82. The predicted octanol–water partition coefficient (Wildman–Crippen LogP) is 2.96. The van der Waals surface area contributed by atoms with Gasteiger partial charge in [-0.2, -0.15) is 0 Å². The Hall–Kier alpha value is -1.68. The zero-order valence-corrected chi connectivity index (χ0v) is 10.2. The molecule has 0 saturated carbocycles. The molecule has 0 spiro atoms. The van der Waals surface area contributed by atoms with Crippen LogP contribution < -0.4 is 11.3 Å². The third-order valence-corrected chi connectivity index (χ3v) is 2.74. The molecule has 0 radical (unpaired) electrons. The lowest BCUT2D eigenvalue weighted by Gasteiger charge is -2.22. The van der Waals surface area contributed by atoms with Crippen molar-refractivity contribution in [2.75, 3.05) is 5.43 Å². The molecule has 90 valence electrons. The third kappa shape index (κ3) is 2.08. The summed E-state index contributed by atoms with van der Waals surface area (Å²) in [5, 5.41) is 0.786. The van der Waals surface area contributed by atoms with Crippen LogP contribution in [0, 0.1) is 5.82 Å². The van der Waals surface area contributed by atoms with Gasteiger partial charge in [0, 0.05) is 10.9 Å². The van der Waals surface area contributed by atoms with E-state index in [2.05, 4.69) is 31.2 Å². The van der Waals surface area contributed by atoms with Gasteiger partial charge in [0.2, 0.25) is 0 Å². The summed E-state index contributed by atoms with van der Waals surface area (Å²) in [6, 6.07) is 6.86. The Balaban J connectivity index is 2.78. The van der Waals surface area contributed by atoms with Gasteiger partial charge in [0.1, 0.15) is 17.2 Å². The molecule has 1 heterocycles. The van der Waals surface area contributed by atoms with E-state index >= 15 is 0 Å². The first-order valence-electron chi connectivity index (χ1n) is 5.50. The van der Waals surface area contributed by atoms with Gasteiger partial charge < -0.3 is 5.43 Å². The molecule has 0 atom stereocenters. The summed E-state index contributed by atoms with van der Waals surface area (Å²) in [5.41, 5.74) is 3.75. The van der Waals surface area contributed by atoms with Crippen molar-refractivity contribution in [3.63, 3.8) is 0 Å². The number of para-hydroxylation sites is 1. The Bertz CT molecular complexity index is 558. The molecule has 3 nitrogen and oxygen atoms in total. The number of nitrogens with zero attached hydrogens (tertiary/aromatic N) is 1. The molecule has 0 aliphatic heterocycles. The van der Waals surface area contributed by atoms with Crippen LogP contribution >= 0.6 is 0 Å². The van der Waals surface area contributed by atoms with Gasteiger partial charge in [0.05, 0.1) is 0 Å². The van der Waals surface area contributed by atoms with Crippen molar-refractivity contribution < 1.29 is 4.39 Å². The van der Waals surface area contributed by atoms with Gasteiger partial charge in [-0.25, -0.2) is 15.2 Å². The molecule has 1 aromatic carbocycles. The fourth-order valence-electron chi connectivity index (χ4n) is 1.84. The van der Waals surface area contributed by atoms with Gasteiger partial charge in [-0.15, -0.1) is 0 Å². The number of fused-ring (bicyclic) bond motifs is 1. The van der Waals surface area contributed by atoms with Gasteiger partial charge in [-0.3, -0.25) is 0 Å². The number of hydrogen-bond acceptors (Lipinski definition) is 3. The van der Waals surface area contributed by atoms with Gasteiger partial charge in [-0.05, 0) is 17.5 Å². The van der Waals surface area contributed by atoms with Crippen molar-refractivity contribution >= 4 is 16.7 Å². The van der Waals surface area contributed by atoms with E-state index in [0.29, 0.717) is 11.3 Å². The molecular formula is C13H16FN3. The summed E-state index contributed by atoms with van der Waals surface area (Å²) in [5.74, 6) is 5.64. The highest BCUT2D eigenvalue weighted by Crippen LogP contribution is 2.31. The lowest BCUT2D eigenvalue weighted by atomic mass is 9.86. The fourth-order valence-corrected chi connectivity index (χ4v) is 1.84. The fraction of sp³-hybridized carbons (Fsp3) is 0.308. The minimum atomic E-state index is -0.334. The number of nitrogens with one attached hydrogen (secondary N) is 1. The molecule has 0 amide bonds. The maximum Gasteiger partial charge on any atom is 0.149 e. The van der Waals surface area contributed by atoms with Gasteiger partial charge >= 0.3 is 0 Å². The largest absolute Gasteiger partial charge is 0.308 e. The van der Waals surface area contributed by atoms with E-state index in [9.17, 15) is 4.39 Å². The summed E-state index contributed by atoms with van der Waals surface area (Å²) in [6.07, 6.45) is 0. The van der Waals surface area contributed by atoms with Crippen LogP contribution in [0.15, 0.2) is 24.3 Å². The van der Waals surface area contributed by atoms with E-state index in [1.165, 1.54) is 6.07 Å². The molecule has 17 heavy (non-hydrogen) atoms. The normalized spacial score (nSPS) is 11.8. The summed E-state index contributed by atoms with van der Waals surface area (Å²) >= 11 is 0. The minimum Gasteiger partial charge on any atom is -0.308 e. The third-order valence-electron chi connectivity index (χ3n) is 2.74. The Kier molecular flexibility index (Phi) is 2.75. The lowest BCUT2D eigenvalue weighted by Crippen LogP contribution is -2.19. The Morgan fingerprint density at radius 1 is 1.29 bits per heavy atom. The van der Waals surface area contributed by atoms with E-state index in [1.807, 2.05) is 12.1 Å². The van der Waals surface area contributed by atoms with Gasteiger partial charge in [0.25, 0.3) is 0 Å². The van der Waals surface area contributed by atoms with E-state index in [-0.39, 0.29) is 11.2 Å². The number of aromatic nitrogens is 1. The molecular weight excluding hydrogens is 217 g/mol. The van der Waals surface area contributed by atoms with Crippen molar-refractivity contribution in [2.45, 2.75) is 26.2 Å². The van der Waals surface area contributed by atoms with E-state index in [1.54, 1.807) is 6.07 Å². The quantitative estimate of drug-likeness (QED) is 0.588.